The summed E-state index contributed by atoms with van der Waals surface area (Å²) >= 11 is 0. The minimum Gasteiger partial charge on any atom is -0.493 e. The Kier molecular flexibility index (Phi) is 2.63. The number of halogens is 1. The van der Waals surface area contributed by atoms with Crippen molar-refractivity contribution in [2.75, 3.05) is 7.11 Å². The second kappa shape index (κ2) is 4.09. The van der Waals surface area contributed by atoms with Gasteiger partial charge in [-0.25, -0.2) is 4.39 Å². The number of rotatable bonds is 2. The maximum atomic E-state index is 13.4. The Bertz CT molecular complexity index is 456. The number of benzene rings is 1. The Morgan fingerprint density at radius 1 is 1.13 bits per heavy atom. The number of ether oxygens (including phenoxy) is 1. The van der Waals surface area contributed by atoms with Gasteiger partial charge in [0.1, 0.15) is 0 Å². The van der Waals surface area contributed by atoms with Crippen molar-refractivity contribution >= 4 is 0 Å². The molecule has 1 heterocycles. The van der Waals surface area contributed by atoms with E-state index < -0.39 is 0 Å². The Labute approximate surface area is 87.4 Å². The number of aromatic nitrogens is 1. The van der Waals surface area contributed by atoms with Gasteiger partial charge >= 0.3 is 0 Å². The summed E-state index contributed by atoms with van der Waals surface area (Å²) in [6, 6.07) is 10.3. The smallest absolute Gasteiger partial charge is 0.165 e. The molecular formula is C12H10FNO. The van der Waals surface area contributed by atoms with Crippen molar-refractivity contribution in [3.63, 3.8) is 0 Å². The Morgan fingerprint density at radius 2 is 2.00 bits per heavy atom. The number of para-hydroxylation sites is 1. The van der Waals surface area contributed by atoms with Crippen molar-refractivity contribution in [1.82, 2.24) is 4.98 Å². The summed E-state index contributed by atoms with van der Waals surface area (Å²) in [7, 11) is 1.45. The lowest BCUT2D eigenvalue weighted by Gasteiger charge is -2.08. The standard InChI is InChI=1S/C12H10FNO/c1-15-12-9(5-4-6-10(12)13)11-7-2-3-8-14-11/h2-8H,1H3. The quantitative estimate of drug-likeness (QED) is 0.748. The van der Waals surface area contributed by atoms with Crippen LogP contribution in [0.2, 0.25) is 0 Å². The highest BCUT2D eigenvalue weighted by Gasteiger charge is 2.10. The second-order valence-corrected chi connectivity index (χ2v) is 3.04. The summed E-state index contributed by atoms with van der Waals surface area (Å²) in [5.74, 6) is -0.142. The van der Waals surface area contributed by atoms with Gasteiger partial charge in [0.25, 0.3) is 0 Å². The molecule has 0 atom stereocenters. The van der Waals surface area contributed by atoms with E-state index >= 15 is 0 Å². The molecule has 0 aliphatic carbocycles. The van der Waals surface area contributed by atoms with Crippen LogP contribution in [0.4, 0.5) is 4.39 Å². The van der Waals surface area contributed by atoms with E-state index in [1.54, 1.807) is 18.3 Å². The molecule has 1 aromatic carbocycles. The van der Waals surface area contributed by atoms with Crippen molar-refractivity contribution in [2.24, 2.45) is 0 Å². The van der Waals surface area contributed by atoms with Gasteiger partial charge in [0.05, 0.1) is 12.8 Å². The zero-order chi connectivity index (χ0) is 10.7. The molecule has 0 amide bonds. The fourth-order valence-corrected chi connectivity index (χ4v) is 1.44. The molecule has 0 saturated heterocycles. The van der Waals surface area contributed by atoms with Crippen LogP contribution >= 0.6 is 0 Å². The van der Waals surface area contributed by atoms with Crippen LogP contribution in [0.15, 0.2) is 42.6 Å². The van der Waals surface area contributed by atoms with Crippen molar-refractivity contribution in [2.45, 2.75) is 0 Å². The molecule has 0 saturated carbocycles. The Morgan fingerprint density at radius 3 is 2.67 bits per heavy atom. The molecule has 0 bridgehead atoms. The van der Waals surface area contributed by atoms with E-state index in [0.717, 1.165) is 0 Å². The monoisotopic (exact) mass is 203 g/mol. The highest BCUT2D eigenvalue weighted by molar-refractivity contribution is 5.67. The molecule has 0 spiro atoms. The molecule has 2 rings (SSSR count). The van der Waals surface area contributed by atoms with Gasteiger partial charge < -0.3 is 4.74 Å². The van der Waals surface area contributed by atoms with E-state index in [9.17, 15) is 4.39 Å². The fourth-order valence-electron chi connectivity index (χ4n) is 1.44. The van der Waals surface area contributed by atoms with Crippen molar-refractivity contribution in [3.05, 3.63) is 48.4 Å². The van der Waals surface area contributed by atoms with Crippen molar-refractivity contribution in [3.8, 4) is 17.0 Å². The third-order valence-corrected chi connectivity index (χ3v) is 2.11. The molecule has 0 aliphatic heterocycles. The highest BCUT2D eigenvalue weighted by atomic mass is 19.1. The first-order chi connectivity index (χ1) is 7.33. The first-order valence-corrected chi connectivity index (χ1v) is 4.57. The Hall–Kier alpha value is -1.90. The van der Waals surface area contributed by atoms with E-state index in [1.165, 1.54) is 13.2 Å². The zero-order valence-corrected chi connectivity index (χ0v) is 8.27. The van der Waals surface area contributed by atoms with E-state index in [0.29, 0.717) is 11.3 Å². The zero-order valence-electron chi connectivity index (χ0n) is 8.27. The summed E-state index contributed by atoms with van der Waals surface area (Å²) in [4.78, 5) is 4.15. The molecule has 0 N–H and O–H groups in total. The SMILES string of the molecule is COc1c(F)cccc1-c1ccccn1. The summed E-state index contributed by atoms with van der Waals surface area (Å²) in [5, 5.41) is 0. The van der Waals surface area contributed by atoms with Crippen LogP contribution in [0.25, 0.3) is 11.3 Å². The first-order valence-electron chi connectivity index (χ1n) is 4.57. The summed E-state index contributed by atoms with van der Waals surface area (Å²) in [6.45, 7) is 0. The van der Waals surface area contributed by atoms with Crippen LogP contribution < -0.4 is 4.74 Å². The predicted molar refractivity (Wildman–Crippen MR) is 56.2 cm³/mol. The molecule has 0 radical (unpaired) electrons. The third-order valence-electron chi connectivity index (χ3n) is 2.11. The maximum absolute atomic E-state index is 13.4. The van der Waals surface area contributed by atoms with Gasteiger partial charge in [0.15, 0.2) is 11.6 Å². The lowest BCUT2D eigenvalue weighted by Crippen LogP contribution is -1.92. The average Bonchev–Trinajstić information content (AvgIpc) is 2.30. The predicted octanol–water partition coefficient (Wildman–Crippen LogP) is 2.90. The summed E-state index contributed by atoms with van der Waals surface area (Å²) in [6.07, 6.45) is 1.67. The van der Waals surface area contributed by atoms with E-state index in [-0.39, 0.29) is 11.6 Å². The van der Waals surface area contributed by atoms with E-state index in [1.807, 2.05) is 18.2 Å². The normalized spacial score (nSPS) is 10.0. The lowest BCUT2D eigenvalue weighted by molar-refractivity contribution is 0.388. The first kappa shape index (κ1) is 9.65. The number of methoxy groups -OCH3 is 1. The molecule has 0 aliphatic rings. The van der Waals surface area contributed by atoms with Crippen LogP contribution in [0.3, 0.4) is 0 Å². The van der Waals surface area contributed by atoms with Crippen LogP contribution in [0.5, 0.6) is 5.75 Å². The number of hydrogen-bond acceptors (Lipinski definition) is 2. The largest absolute Gasteiger partial charge is 0.493 e. The van der Waals surface area contributed by atoms with Crippen LogP contribution in [-0.2, 0) is 0 Å². The van der Waals surface area contributed by atoms with Crippen LogP contribution in [-0.4, -0.2) is 12.1 Å². The van der Waals surface area contributed by atoms with Gasteiger partial charge in [-0.15, -0.1) is 0 Å². The minimum absolute atomic E-state index is 0.233. The van der Waals surface area contributed by atoms with Gasteiger partial charge in [-0.2, -0.15) is 0 Å². The van der Waals surface area contributed by atoms with E-state index in [4.69, 9.17) is 4.74 Å². The summed E-state index contributed by atoms with van der Waals surface area (Å²) in [5.41, 5.74) is 1.37. The highest BCUT2D eigenvalue weighted by Crippen LogP contribution is 2.30. The Balaban J connectivity index is 2.58. The van der Waals surface area contributed by atoms with Gasteiger partial charge in [-0.05, 0) is 24.3 Å². The molecule has 2 aromatic rings. The minimum atomic E-state index is -0.374. The second-order valence-electron chi connectivity index (χ2n) is 3.04. The molecule has 1 aromatic heterocycles. The molecule has 0 fully saturated rings. The average molecular weight is 203 g/mol. The fraction of sp³-hybridized carbons (Fsp3) is 0.0833. The van der Waals surface area contributed by atoms with E-state index in [2.05, 4.69) is 4.98 Å². The van der Waals surface area contributed by atoms with Gasteiger partial charge in [0, 0.05) is 11.8 Å². The van der Waals surface area contributed by atoms with Gasteiger partial charge in [-0.1, -0.05) is 12.1 Å². The molecule has 2 nitrogen and oxygen atoms in total. The molecule has 3 heteroatoms. The molecule has 76 valence electrons. The van der Waals surface area contributed by atoms with Gasteiger partial charge in [0.2, 0.25) is 0 Å². The molecule has 0 unspecified atom stereocenters. The van der Waals surface area contributed by atoms with Crippen LogP contribution in [0, 0.1) is 5.82 Å². The third kappa shape index (κ3) is 1.81. The van der Waals surface area contributed by atoms with Gasteiger partial charge in [-0.3, -0.25) is 4.98 Å². The summed E-state index contributed by atoms with van der Waals surface area (Å²) < 4.78 is 18.4. The van der Waals surface area contributed by atoms with Crippen molar-refractivity contribution < 1.29 is 9.13 Å². The molecular weight excluding hydrogens is 193 g/mol. The van der Waals surface area contributed by atoms with Crippen molar-refractivity contribution in [1.29, 1.82) is 0 Å². The number of nitrogens with zero attached hydrogens (tertiary/aromatic N) is 1. The topological polar surface area (TPSA) is 22.1 Å². The van der Waals surface area contributed by atoms with Crippen LogP contribution in [0.1, 0.15) is 0 Å². The maximum Gasteiger partial charge on any atom is 0.165 e. The number of pyridine rings is 1. The molecule has 15 heavy (non-hydrogen) atoms. The lowest BCUT2D eigenvalue weighted by atomic mass is 10.1. The number of hydrogen-bond donors (Lipinski definition) is 0.